The van der Waals surface area contributed by atoms with Gasteiger partial charge >= 0.3 is 5.97 Å². The number of nitrogen functional groups attached to an aromatic ring is 1. The fourth-order valence-electron chi connectivity index (χ4n) is 4.27. The summed E-state index contributed by atoms with van der Waals surface area (Å²) in [4.78, 5) is 20.5. The zero-order chi connectivity index (χ0) is 22.1. The number of anilines is 1. The average molecular weight is 428 g/mol. The van der Waals surface area contributed by atoms with Crippen molar-refractivity contribution in [1.82, 2.24) is 14.5 Å². The van der Waals surface area contributed by atoms with E-state index in [4.69, 9.17) is 15.2 Å². The summed E-state index contributed by atoms with van der Waals surface area (Å²) < 4.78 is 13.0. The van der Waals surface area contributed by atoms with E-state index in [1.54, 1.807) is 0 Å². The molecule has 0 saturated heterocycles. The number of ether oxygens (including phenoxy) is 2. The first kappa shape index (κ1) is 20.1. The number of carbonyl (C=O) groups is 1. The first-order valence-corrected chi connectivity index (χ1v) is 10.6. The highest BCUT2D eigenvalue weighted by Crippen LogP contribution is 2.43. The molecule has 2 aromatic carbocycles. The number of benzene rings is 2. The molecular weight excluding hydrogens is 404 g/mol. The summed E-state index contributed by atoms with van der Waals surface area (Å²) in [5.41, 5.74) is 10.1. The summed E-state index contributed by atoms with van der Waals surface area (Å²) in [5.74, 6) is 0.982. The van der Waals surface area contributed by atoms with E-state index < -0.39 is 0 Å². The van der Waals surface area contributed by atoms with E-state index in [2.05, 4.69) is 20.7 Å². The van der Waals surface area contributed by atoms with Crippen LogP contribution in [0.4, 0.5) is 5.82 Å². The van der Waals surface area contributed by atoms with Crippen LogP contribution in [0.5, 0.6) is 5.75 Å². The predicted octanol–water partition coefficient (Wildman–Crippen LogP) is 4.38. The minimum absolute atomic E-state index is 0.0696. The molecular formula is C25H24N4O3. The second-order valence-electron chi connectivity index (χ2n) is 8.05. The third-order valence-corrected chi connectivity index (χ3v) is 6.07. The number of aromatic nitrogens is 3. The van der Waals surface area contributed by atoms with Crippen molar-refractivity contribution in [3.05, 3.63) is 72.7 Å². The molecule has 1 aliphatic carbocycles. The number of methoxy groups -OCH3 is 1. The Morgan fingerprint density at radius 3 is 2.72 bits per heavy atom. The van der Waals surface area contributed by atoms with Gasteiger partial charge in [0, 0.05) is 17.8 Å². The second kappa shape index (κ2) is 8.34. The van der Waals surface area contributed by atoms with Crippen molar-refractivity contribution in [3.63, 3.8) is 0 Å². The topological polar surface area (TPSA) is 92.3 Å². The lowest BCUT2D eigenvalue weighted by Gasteiger charge is -2.34. The Morgan fingerprint density at radius 1 is 1.12 bits per heavy atom. The molecule has 0 amide bonds. The predicted molar refractivity (Wildman–Crippen MR) is 122 cm³/mol. The van der Waals surface area contributed by atoms with Gasteiger partial charge in [-0.15, -0.1) is 0 Å². The lowest BCUT2D eigenvalue weighted by molar-refractivity contribution is -0.149. The van der Waals surface area contributed by atoms with Crippen LogP contribution in [0.25, 0.3) is 22.2 Å². The molecule has 7 heteroatoms. The molecule has 2 heterocycles. The van der Waals surface area contributed by atoms with Crippen LogP contribution in [0, 0.1) is 5.92 Å². The standard InChI is InChI=1S/C25H24N4O3/c1-31-25(30)18-10-19(11-18)29-13-21(22-23(26)27-15-28-24(22)29)17-8-5-9-20(12-17)32-14-16-6-3-2-4-7-16/h2-9,12-13,15,18-19H,10-11,14H2,1H3,(H2,26,27,28). The largest absolute Gasteiger partial charge is 0.489 e. The van der Waals surface area contributed by atoms with Gasteiger partial charge in [0.25, 0.3) is 0 Å². The van der Waals surface area contributed by atoms with Crippen LogP contribution in [0.1, 0.15) is 24.4 Å². The van der Waals surface area contributed by atoms with Crippen molar-refractivity contribution in [3.8, 4) is 16.9 Å². The summed E-state index contributed by atoms with van der Waals surface area (Å²) >= 11 is 0. The fourth-order valence-corrected chi connectivity index (χ4v) is 4.27. The van der Waals surface area contributed by atoms with Gasteiger partial charge in [-0.1, -0.05) is 42.5 Å². The number of hydrogen-bond acceptors (Lipinski definition) is 6. The molecule has 32 heavy (non-hydrogen) atoms. The van der Waals surface area contributed by atoms with E-state index in [1.807, 2.05) is 54.6 Å². The molecule has 2 N–H and O–H groups in total. The van der Waals surface area contributed by atoms with Crippen LogP contribution in [0.2, 0.25) is 0 Å². The lowest BCUT2D eigenvalue weighted by Crippen LogP contribution is -2.33. The molecule has 0 bridgehead atoms. The van der Waals surface area contributed by atoms with Crippen molar-refractivity contribution in [2.24, 2.45) is 5.92 Å². The molecule has 162 valence electrons. The molecule has 1 fully saturated rings. The van der Waals surface area contributed by atoms with Gasteiger partial charge in [0.1, 0.15) is 30.1 Å². The van der Waals surface area contributed by atoms with Gasteiger partial charge in [-0.25, -0.2) is 9.97 Å². The van der Waals surface area contributed by atoms with Crippen LogP contribution in [0.15, 0.2) is 67.1 Å². The quantitative estimate of drug-likeness (QED) is 0.458. The highest BCUT2D eigenvalue weighted by molar-refractivity contribution is 6.00. The van der Waals surface area contributed by atoms with Crippen LogP contribution < -0.4 is 10.5 Å². The van der Waals surface area contributed by atoms with Gasteiger partial charge in [0.2, 0.25) is 0 Å². The minimum atomic E-state index is -0.157. The first-order chi connectivity index (χ1) is 15.6. The molecule has 2 aromatic heterocycles. The van der Waals surface area contributed by atoms with Crippen molar-refractivity contribution >= 4 is 22.8 Å². The monoisotopic (exact) mass is 428 g/mol. The Hall–Kier alpha value is -3.87. The molecule has 0 aliphatic heterocycles. The number of nitrogens with two attached hydrogens (primary N) is 1. The van der Waals surface area contributed by atoms with E-state index in [9.17, 15) is 4.79 Å². The summed E-state index contributed by atoms with van der Waals surface area (Å²) in [6.45, 7) is 0.494. The third kappa shape index (κ3) is 3.66. The SMILES string of the molecule is COC(=O)C1CC(n2cc(-c3cccc(OCc4ccccc4)c3)c3c(N)ncnc32)C1. The molecule has 5 rings (SSSR count). The van der Waals surface area contributed by atoms with Gasteiger partial charge in [-0.2, -0.15) is 0 Å². The molecule has 7 nitrogen and oxygen atoms in total. The molecule has 1 aliphatic rings. The van der Waals surface area contributed by atoms with E-state index in [-0.39, 0.29) is 17.9 Å². The zero-order valence-corrected chi connectivity index (χ0v) is 17.8. The van der Waals surface area contributed by atoms with Crippen molar-refractivity contribution in [1.29, 1.82) is 0 Å². The second-order valence-corrected chi connectivity index (χ2v) is 8.05. The number of fused-ring (bicyclic) bond motifs is 1. The number of hydrogen-bond donors (Lipinski definition) is 1. The average Bonchev–Trinajstić information content (AvgIpc) is 3.18. The van der Waals surface area contributed by atoms with Gasteiger partial charge in [0.05, 0.1) is 18.4 Å². The smallest absolute Gasteiger partial charge is 0.308 e. The van der Waals surface area contributed by atoms with E-state index in [0.717, 1.165) is 46.3 Å². The zero-order valence-electron chi connectivity index (χ0n) is 17.8. The van der Waals surface area contributed by atoms with E-state index >= 15 is 0 Å². The Balaban J connectivity index is 1.46. The van der Waals surface area contributed by atoms with Crippen LogP contribution >= 0.6 is 0 Å². The molecule has 4 aromatic rings. The molecule has 1 saturated carbocycles. The number of carbonyl (C=O) groups excluding carboxylic acids is 1. The highest BCUT2D eigenvalue weighted by atomic mass is 16.5. The molecule has 0 atom stereocenters. The van der Waals surface area contributed by atoms with Gasteiger partial charge in [0.15, 0.2) is 0 Å². The minimum Gasteiger partial charge on any atom is -0.489 e. The first-order valence-electron chi connectivity index (χ1n) is 10.6. The fraction of sp³-hybridized carbons (Fsp3) is 0.240. The van der Waals surface area contributed by atoms with Gasteiger partial charge in [-0.3, -0.25) is 4.79 Å². The number of rotatable bonds is 6. The van der Waals surface area contributed by atoms with Crippen molar-refractivity contribution in [2.75, 3.05) is 12.8 Å². The van der Waals surface area contributed by atoms with Crippen molar-refractivity contribution in [2.45, 2.75) is 25.5 Å². The highest BCUT2D eigenvalue weighted by Gasteiger charge is 2.37. The van der Waals surface area contributed by atoms with Crippen LogP contribution in [-0.2, 0) is 16.1 Å². The van der Waals surface area contributed by atoms with E-state index in [1.165, 1.54) is 13.4 Å². The third-order valence-electron chi connectivity index (χ3n) is 6.07. The van der Waals surface area contributed by atoms with Crippen LogP contribution in [-0.4, -0.2) is 27.6 Å². The Bertz CT molecular complexity index is 1260. The normalized spacial score (nSPS) is 17.7. The van der Waals surface area contributed by atoms with Gasteiger partial charge < -0.3 is 19.8 Å². The summed E-state index contributed by atoms with van der Waals surface area (Å²) in [6.07, 6.45) is 4.98. The summed E-state index contributed by atoms with van der Waals surface area (Å²) in [5, 5.41) is 0.814. The Kier molecular flexibility index (Phi) is 5.23. The van der Waals surface area contributed by atoms with Crippen LogP contribution in [0.3, 0.4) is 0 Å². The summed E-state index contributed by atoms with van der Waals surface area (Å²) in [7, 11) is 1.43. The maximum absolute atomic E-state index is 11.8. The van der Waals surface area contributed by atoms with Gasteiger partial charge in [-0.05, 0) is 36.1 Å². The maximum Gasteiger partial charge on any atom is 0.308 e. The van der Waals surface area contributed by atoms with E-state index in [0.29, 0.717) is 12.4 Å². The maximum atomic E-state index is 11.8. The molecule has 0 spiro atoms. The molecule has 0 radical (unpaired) electrons. The number of nitrogens with zero attached hydrogens (tertiary/aromatic N) is 3. The Labute approximate surface area is 185 Å². The molecule has 0 unspecified atom stereocenters. The Morgan fingerprint density at radius 2 is 1.94 bits per heavy atom. The summed E-state index contributed by atoms with van der Waals surface area (Å²) in [6, 6.07) is 18.2. The number of esters is 1. The lowest BCUT2D eigenvalue weighted by atomic mass is 9.80. The van der Waals surface area contributed by atoms with Crippen molar-refractivity contribution < 1.29 is 14.3 Å².